The molecule has 0 heterocycles. The van der Waals surface area contributed by atoms with E-state index in [-0.39, 0.29) is 0 Å². The van der Waals surface area contributed by atoms with Crippen LogP contribution in [0.15, 0.2) is 47.6 Å². The lowest BCUT2D eigenvalue weighted by atomic mass is 10.2. The van der Waals surface area contributed by atoms with Gasteiger partial charge in [-0.15, -0.1) is 0 Å². The Hall–Kier alpha value is -2.20. The Balaban J connectivity index is 2.16. The summed E-state index contributed by atoms with van der Waals surface area (Å²) in [6, 6.07) is 13.2. The van der Waals surface area contributed by atoms with Gasteiger partial charge in [-0.2, -0.15) is 5.10 Å². The molecule has 0 unspecified atom stereocenters. The maximum atomic E-state index is 6.22. The largest absolute Gasteiger partial charge is 0.493 e. The third kappa shape index (κ3) is 4.13. The van der Waals surface area contributed by atoms with Gasteiger partial charge in [0, 0.05) is 11.6 Å². The third-order valence-corrected chi connectivity index (χ3v) is 3.08. The van der Waals surface area contributed by atoms with E-state index in [2.05, 4.69) is 10.5 Å². The number of nitrogens with one attached hydrogen (secondary N) is 1. The fourth-order valence-electron chi connectivity index (χ4n) is 1.77. The van der Waals surface area contributed by atoms with Crippen molar-refractivity contribution in [3.8, 4) is 11.5 Å². The molecule has 4 nitrogen and oxygen atoms in total. The molecular formula is C16H17ClN2O2. The van der Waals surface area contributed by atoms with E-state index in [0.717, 1.165) is 11.3 Å². The van der Waals surface area contributed by atoms with Gasteiger partial charge >= 0.3 is 0 Å². The summed E-state index contributed by atoms with van der Waals surface area (Å²) in [5.41, 5.74) is 4.59. The van der Waals surface area contributed by atoms with Crippen LogP contribution in [0.4, 0.5) is 5.69 Å². The molecule has 0 aliphatic rings. The van der Waals surface area contributed by atoms with E-state index in [1.54, 1.807) is 25.5 Å². The lowest BCUT2D eigenvalue weighted by molar-refractivity contribution is 0.311. The van der Waals surface area contributed by atoms with Crippen molar-refractivity contribution < 1.29 is 9.47 Å². The first-order valence-electron chi connectivity index (χ1n) is 6.59. The van der Waals surface area contributed by atoms with E-state index in [0.29, 0.717) is 23.1 Å². The predicted molar refractivity (Wildman–Crippen MR) is 86.8 cm³/mol. The van der Waals surface area contributed by atoms with Crippen molar-refractivity contribution in [2.24, 2.45) is 5.10 Å². The molecule has 0 aromatic heterocycles. The average Bonchev–Trinajstić information content (AvgIpc) is 2.51. The topological polar surface area (TPSA) is 42.8 Å². The van der Waals surface area contributed by atoms with Crippen LogP contribution in [0.25, 0.3) is 0 Å². The minimum atomic E-state index is 0.551. The summed E-state index contributed by atoms with van der Waals surface area (Å²) in [6.07, 6.45) is 1.65. The van der Waals surface area contributed by atoms with Crippen LogP contribution in [0, 0.1) is 0 Å². The molecule has 2 aromatic rings. The molecule has 0 atom stereocenters. The van der Waals surface area contributed by atoms with Crippen LogP contribution in [0.5, 0.6) is 11.5 Å². The molecule has 0 aliphatic heterocycles. The molecule has 0 radical (unpaired) electrons. The highest BCUT2D eigenvalue weighted by molar-refractivity contribution is 6.33. The van der Waals surface area contributed by atoms with Crippen molar-refractivity contribution >= 4 is 23.5 Å². The van der Waals surface area contributed by atoms with E-state index in [4.69, 9.17) is 21.1 Å². The summed E-state index contributed by atoms with van der Waals surface area (Å²) in [6.45, 7) is 2.46. The van der Waals surface area contributed by atoms with Gasteiger partial charge in [0.05, 0.1) is 30.6 Å². The van der Waals surface area contributed by atoms with E-state index < -0.39 is 0 Å². The van der Waals surface area contributed by atoms with Gasteiger partial charge < -0.3 is 9.47 Å². The first-order valence-corrected chi connectivity index (χ1v) is 6.97. The zero-order chi connectivity index (χ0) is 15.1. The number of nitrogens with zero attached hydrogens (tertiary/aromatic N) is 1. The average molecular weight is 305 g/mol. The molecule has 0 spiro atoms. The number of rotatable bonds is 6. The summed E-state index contributed by atoms with van der Waals surface area (Å²) in [4.78, 5) is 0. The SMILES string of the molecule is CCOc1cc(Cl)c(C=NNc2ccccc2)cc1OC. The molecule has 2 aromatic carbocycles. The van der Waals surface area contributed by atoms with Crippen LogP contribution in [-0.4, -0.2) is 19.9 Å². The maximum absolute atomic E-state index is 6.22. The van der Waals surface area contributed by atoms with E-state index in [1.807, 2.05) is 37.3 Å². The number of halogens is 1. The van der Waals surface area contributed by atoms with Crippen LogP contribution in [0.2, 0.25) is 5.02 Å². The highest BCUT2D eigenvalue weighted by Crippen LogP contribution is 2.32. The van der Waals surface area contributed by atoms with Crippen LogP contribution in [-0.2, 0) is 0 Å². The number of anilines is 1. The molecule has 0 saturated heterocycles. The molecule has 0 saturated carbocycles. The Kier molecular flexibility index (Phi) is 5.46. The zero-order valence-corrected chi connectivity index (χ0v) is 12.7. The number of methoxy groups -OCH3 is 1. The molecule has 0 fully saturated rings. The highest BCUT2D eigenvalue weighted by atomic mass is 35.5. The predicted octanol–water partition coefficient (Wildman–Crippen LogP) is 4.19. The van der Waals surface area contributed by atoms with Gasteiger partial charge in [-0.25, -0.2) is 0 Å². The quantitative estimate of drug-likeness (QED) is 0.642. The molecule has 0 aliphatic carbocycles. The van der Waals surface area contributed by atoms with Crippen molar-refractivity contribution in [2.45, 2.75) is 6.92 Å². The standard InChI is InChI=1S/C16H17ClN2O2/c1-3-21-16-10-14(17)12(9-15(16)20-2)11-18-19-13-7-5-4-6-8-13/h4-11,19H,3H2,1-2H3. The van der Waals surface area contributed by atoms with Gasteiger partial charge in [0.25, 0.3) is 0 Å². The minimum Gasteiger partial charge on any atom is -0.493 e. The normalized spacial score (nSPS) is 10.6. The molecule has 110 valence electrons. The Labute approximate surface area is 129 Å². The molecule has 1 N–H and O–H groups in total. The summed E-state index contributed by atoms with van der Waals surface area (Å²) in [5.74, 6) is 1.25. The summed E-state index contributed by atoms with van der Waals surface area (Å²) in [5, 5.41) is 4.72. The van der Waals surface area contributed by atoms with Crippen LogP contribution < -0.4 is 14.9 Å². The zero-order valence-electron chi connectivity index (χ0n) is 12.0. The second-order valence-electron chi connectivity index (χ2n) is 4.19. The van der Waals surface area contributed by atoms with Crippen molar-refractivity contribution in [1.29, 1.82) is 0 Å². The van der Waals surface area contributed by atoms with E-state index in [1.165, 1.54) is 0 Å². The van der Waals surface area contributed by atoms with Crippen molar-refractivity contribution in [2.75, 3.05) is 19.1 Å². The fraction of sp³-hybridized carbons (Fsp3) is 0.188. The van der Waals surface area contributed by atoms with E-state index >= 15 is 0 Å². The minimum absolute atomic E-state index is 0.551. The molecule has 0 bridgehead atoms. The Morgan fingerprint density at radius 2 is 1.95 bits per heavy atom. The Morgan fingerprint density at radius 3 is 2.62 bits per heavy atom. The molecule has 21 heavy (non-hydrogen) atoms. The van der Waals surface area contributed by atoms with Crippen LogP contribution in [0.1, 0.15) is 12.5 Å². The lowest BCUT2D eigenvalue weighted by Crippen LogP contribution is -1.98. The number of benzene rings is 2. The highest BCUT2D eigenvalue weighted by Gasteiger charge is 2.09. The molecule has 0 amide bonds. The Bertz CT molecular complexity index is 615. The van der Waals surface area contributed by atoms with Gasteiger partial charge in [-0.05, 0) is 25.1 Å². The second-order valence-corrected chi connectivity index (χ2v) is 4.60. The molecular weight excluding hydrogens is 288 g/mol. The maximum Gasteiger partial charge on any atom is 0.162 e. The third-order valence-electron chi connectivity index (χ3n) is 2.75. The first kappa shape index (κ1) is 15.2. The fourth-order valence-corrected chi connectivity index (χ4v) is 1.97. The van der Waals surface area contributed by atoms with Crippen molar-refractivity contribution in [1.82, 2.24) is 0 Å². The summed E-state index contributed by atoms with van der Waals surface area (Å²) >= 11 is 6.22. The summed E-state index contributed by atoms with van der Waals surface area (Å²) < 4.78 is 10.8. The van der Waals surface area contributed by atoms with Crippen LogP contribution in [0.3, 0.4) is 0 Å². The monoisotopic (exact) mass is 304 g/mol. The summed E-state index contributed by atoms with van der Waals surface area (Å²) in [7, 11) is 1.59. The van der Waals surface area contributed by atoms with Crippen molar-refractivity contribution in [3.05, 3.63) is 53.1 Å². The van der Waals surface area contributed by atoms with Gasteiger partial charge in [0.1, 0.15) is 0 Å². The van der Waals surface area contributed by atoms with Crippen molar-refractivity contribution in [3.63, 3.8) is 0 Å². The second kappa shape index (κ2) is 7.55. The Morgan fingerprint density at radius 1 is 1.19 bits per heavy atom. The van der Waals surface area contributed by atoms with Gasteiger partial charge in [0.2, 0.25) is 0 Å². The number of para-hydroxylation sites is 1. The van der Waals surface area contributed by atoms with Gasteiger partial charge in [0.15, 0.2) is 11.5 Å². The molecule has 5 heteroatoms. The lowest BCUT2D eigenvalue weighted by Gasteiger charge is -2.11. The van der Waals surface area contributed by atoms with E-state index in [9.17, 15) is 0 Å². The van der Waals surface area contributed by atoms with Gasteiger partial charge in [-0.1, -0.05) is 29.8 Å². The molecule has 2 rings (SSSR count). The number of hydrazone groups is 1. The smallest absolute Gasteiger partial charge is 0.162 e. The first-order chi connectivity index (χ1) is 10.2. The van der Waals surface area contributed by atoms with Crippen LogP contribution >= 0.6 is 11.6 Å². The number of hydrogen-bond donors (Lipinski definition) is 1. The number of hydrogen-bond acceptors (Lipinski definition) is 4. The number of ether oxygens (including phenoxy) is 2. The van der Waals surface area contributed by atoms with Gasteiger partial charge in [-0.3, -0.25) is 5.43 Å².